The molecule has 0 aliphatic heterocycles. The zero-order chi connectivity index (χ0) is 20.9. The zero-order valence-corrected chi connectivity index (χ0v) is 17.5. The second-order valence-electron chi connectivity index (χ2n) is 6.54. The van der Waals surface area contributed by atoms with Gasteiger partial charge in [-0.3, -0.25) is 9.59 Å². The van der Waals surface area contributed by atoms with Crippen molar-refractivity contribution in [2.75, 3.05) is 6.61 Å². The minimum Gasteiger partial charge on any atom is -0.457 e. The summed E-state index contributed by atoms with van der Waals surface area (Å²) in [6.45, 7) is 0.174. The van der Waals surface area contributed by atoms with E-state index in [4.69, 9.17) is 10.00 Å². The Morgan fingerprint density at radius 1 is 1.17 bits per heavy atom. The lowest BCUT2D eigenvalue weighted by Gasteiger charge is -2.02. The molecule has 0 aliphatic carbocycles. The normalized spacial score (nSPS) is 10.8. The summed E-state index contributed by atoms with van der Waals surface area (Å²) in [5.41, 5.74) is 2.00. The zero-order valence-electron chi connectivity index (χ0n) is 15.9. The summed E-state index contributed by atoms with van der Waals surface area (Å²) in [4.78, 5) is 30.4. The smallest absolute Gasteiger partial charge is 0.312 e. The minimum absolute atomic E-state index is 0.0269. The summed E-state index contributed by atoms with van der Waals surface area (Å²) in [5, 5.41) is 14.3. The van der Waals surface area contributed by atoms with Gasteiger partial charge in [0.1, 0.15) is 5.01 Å². The Balaban J connectivity index is 1.40. The molecule has 8 heteroatoms. The Hall–Kier alpha value is -3.28. The first-order valence-electron chi connectivity index (χ1n) is 9.27. The maximum atomic E-state index is 12.7. The number of benzene rings is 1. The van der Waals surface area contributed by atoms with E-state index >= 15 is 0 Å². The highest BCUT2D eigenvalue weighted by Gasteiger charge is 2.17. The number of nitrogens with zero attached hydrogens (tertiary/aromatic N) is 3. The lowest BCUT2D eigenvalue weighted by atomic mass is 10.1. The standard InChI is InChI=1S/C22H17N3O3S2/c23-8-4-9-25-12-17(16-5-1-2-6-18(16)25)19(26)13-28-21(27)11-15-14-30-22(24-15)20-7-3-10-29-20/h1-3,5-7,10,12,14H,4,9,11,13H2. The van der Waals surface area contributed by atoms with Crippen LogP contribution in [0.15, 0.2) is 53.4 Å². The van der Waals surface area contributed by atoms with Gasteiger partial charge in [0, 0.05) is 34.6 Å². The number of fused-ring (bicyclic) bond motifs is 1. The van der Waals surface area contributed by atoms with Crippen LogP contribution in [0.4, 0.5) is 0 Å². The predicted molar refractivity (Wildman–Crippen MR) is 117 cm³/mol. The monoisotopic (exact) mass is 435 g/mol. The number of carbonyl (C=O) groups excluding carboxylic acids is 2. The predicted octanol–water partition coefficient (Wildman–Crippen LogP) is 4.71. The first-order valence-corrected chi connectivity index (χ1v) is 11.0. The third-order valence-corrected chi connectivity index (χ3v) is 6.46. The fourth-order valence-electron chi connectivity index (χ4n) is 3.15. The molecular weight excluding hydrogens is 418 g/mol. The van der Waals surface area contributed by atoms with Gasteiger partial charge in [0.15, 0.2) is 6.61 Å². The fraction of sp³-hybridized carbons (Fsp3) is 0.182. The fourth-order valence-corrected chi connectivity index (χ4v) is 4.78. The molecule has 0 fully saturated rings. The average molecular weight is 436 g/mol. The number of aromatic nitrogens is 2. The van der Waals surface area contributed by atoms with Gasteiger partial charge >= 0.3 is 5.97 Å². The molecule has 6 nitrogen and oxygen atoms in total. The third-order valence-electron chi connectivity index (χ3n) is 4.53. The van der Waals surface area contributed by atoms with E-state index in [1.165, 1.54) is 11.3 Å². The number of thiazole rings is 1. The van der Waals surface area contributed by atoms with Crippen LogP contribution in [0.25, 0.3) is 20.8 Å². The molecule has 30 heavy (non-hydrogen) atoms. The van der Waals surface area contributed by atoms with Crippen molar-refractivity contribution in [2.45, 2.75) is 19.4 Å². The van der Waals surface area contributed by atoms with Crippen LogP contribution in [-0.4, -0.2) is 27.9 Å². The quantitative estimate of drug-likeness (QED) is 0.296. The van der Waals surface area contributed by atoms with Crippen LogP contribution in [0, 0.1) is 11.3 Å². The molecule has 4 aromatic rings. The highest BCUT2D eigenvalue weighted by molar-refractivity contribution is 7.20. The number of ether oxygens (including phenoxy) is 1. The van der Waals surface area contributed by atoms with Gasteiger partial charge in [0.05, 0.1) is 29.5 Å². The van der Waals surface area contributed by atoms with Crippen molar-refractivity contribution in [3.8, 4) is 16.0 Å². The molecule has 0 spiro atoms. The minimum atomic E-state index is -0.486. The largest absolute Gasteiger partial charge is 0.457 e. The Bertz CT molecular complexity index is 1230. The van der Waals surface area contributed by atoms with Gasteiger partial charge < -0.3 is 9.30 Å². The van der Waals surface area contributed by atoms with Gasteiger partial charge in [0.2, 0.25) is 5.78 Å². The molecule has 0 aliphatic rings. The lowest BCUT2D eigenvalue weighted by Crippen LogP contribution is -2.15. The van der Waals surface area contributed by atoms with E-state index in [0.29, 0.717) is 24.2 Å². The Morgan fingerprint density at radius 3 is 2.83 bits per heavy atom. The molecule has 4 rings (SSSR count). The van der Waals surface area contributed by atoms with E-state index in [0.717, 1.165) is 20.8 Å². The summed E-state index contributed by atoms with van der Waals surface area (Å²) < 4.78 is 7.10. The Morgan fingerprint density at radius 2 is 2.03 bits per heavy atom. The summed E-state index contributed by atoms with van der Waals surface area (Å²) in [7, 11) is 0. The SMILES string of the molecule is N#CCCn1cc(C(=O)COC(=O)Cc2csc(-c3cccs3)n2)c2ccccc21. The van der Waals surface area contributed by atoms with Crippen LogP contribution in [0.5, 0.6) is 0 Å². The van der Waals surface area contributed by atoms with E-state index in [-0.39, 0.29) is 18.8 Å². The molecule has 0 N–H and O–H groups in total. The second-order valence-corrected chi connectivity index (χ2v) is 8.35. The molecule has 0 saturated carbocycles. The molecule has 1 aromatic carbocycles. The highest BCUT2D eigenvalue weighted by Crippen LogP contribution is 2.28. The van der Waals surface area contributed by atoms with E-state index in [1.54, 1.807) is 17.5 Å². The van der Waals surface area contributed by atoms with E-state index < -0.39 is 5.97 Å². The van der Waals surface area contributed by atoms with E-state index in [9.17, 15) is 9.59 Å². The van der Waals surface area contributed by atoms with E-state index in [2.05, 4.69) is 11.1 Å². The molecule has 0 atom stereocenters. The number of nitriles is 1. The summed E-state index contributed by atoms with van der Waals surface area (Å²) >= 11 is 3.08. The number of Topliss-reactive ketones (excluding diaryl/α,β-unsaturated/α-hetero) is 1. The van der Waals surface area contributed by atoms with Gasteiger partial charge in [0.25, 0.3) is 0 Å². The molecule has 3 heterocycles. The number of para-hydroxylation sites is 1. The molecule has 0 unspecified atom stereocenters. The van der Waals surface area contributed by atoms with Crippen LogP contribution in [0.1, 0.15) is 22.5 Å². The van der Waals surface area contributed by atoms with Crippen molar-refractivity contribution in [2.24, 2.45) is 0 Å². The van der Waals surface area contributed by atoms with Crippen molar-refractivity contribution >= 4 is 45.3 Å². The van der Waals surface area contributed by atoms with Gasteiger partial charge in [-0.2, -0.15) is 5.26 Å². The first kappa shape index (κ1) is 20.0. The van der Waals surface area contributed by atoms with Crippen LogP contribution in [0.3, 0.4) is 0 Å². The molecule has 0 saturated heterocycles. The summed E-state index contributed by atoms with van der Waals surface area (Å²) in [6, 6.07) is 13.6. The molecular formula is C22H17N3O3S2. The Labute approximate surface area is 181 Å². The molecule has 150 valence electrons. The van der Waals surface area contributed by atoms with Crippen LogP contribution >= 0.6 is 22.7 Å². The van der Waals surface area contributed by atoms with E-state index in [1.807, 2.05) is 51.7 Å². The van der Waals surface area contributed by atoms with Crippen molar-refractivity contribution in [3.05, 3.63) is 64.6 Å². The maximum absolute atomic E-state index is 12.7. The summed E-state index contributed by atoms with van der Waals surface area (Å²) in [5.74, 6) is -0.757. The van der Waals surface area contributed by atoms with Crippen molar-refractivity contribution in [1.29, 1.82) is 5.26 Å². The molecule has 3 aromatic heterocycles. The number of thiophene rings is 1. The maximum Gasteiger partial charge on any atom is 0.312 e. The number of hydrogen-bond donors (Lipinski definition) is 0. The van der Waals surface area contributed by atoms with Crippen LogP contribution in [-0.2, 0) is 22.5 Å². The van der Waals surface area contributed by atoms with Crippen molar-refractivity contribution in [1.82, 2.24) is 9.55 Å². The number of esters is 1. The molecule has 0 amide bonds. The van der Waals surface area contributed by atoms with Crippen LogP contribution in [0.2, 0.25) is 0 Å². The van der Waals surface area contributed by atoms with Gasteiger partial charge in [-0.05, 0) is 17.5 Å². The average Bonchev–Trinajstić information content (AvgIpc) is 3.50. The molecule has 0 radical (unpaired) electrons. The number of rotatable bonds is 8. The molecule has 0 bridgehead atoms. The second kappa shape index (κ2) is 9.03. The first-order chi connectivity index (χ1) is 14.7. The van der Waals surface area contributed by atoms with Gasteiger partial charge in [-0.15, -0.1) is 22.7 Å². The number of ketones is 1. The highest BCUT2D eigenvalue weighted by atomic mass is 32.1. The number of aryl methyl sites for hydroxylation is 1. The Kier molecular flexibility index (Phi) is 6.02. The van der Waals surface area contributed by atoms with Crippen molar-refractivity contribution < 1.29 is 14.3 Å². The van der Waals surface area contributed by atoms with Crippen LogP contribution < -0.4 is 0 Å². The number of hydrogen-bond acceptors (Lipinski definition) is 7. The lowest BCUT2D eigenvalue weighted by molar-refractivity contribution is -0.141. The van der Waals surface area contributed by atoms with Gasteiger partial charge in [-0.1, -0.05) is 24.3 Å². The summed E-state index contributed by atoms with van der Waals surface area (Å²) in [6.07, 6.45) is 2.10. The van der Waals surface area contributed by atoms with Gasteiger partial charge in [-0.25, -0.2) is 4.98 Å². The topological polar surface area (TPSA) is 85.0 Å². The third kappa shape index (κ3) is 4.32. The number of carbonyl (C=O) groups is 2. The van der Waals surface area contributed by atoms with Crippen molar-refractivity contribution in [3.63, 3.8) is 0 Å².